The van der Waals surface area contributed by atoms with Gasteiger partial charge >= 0.3 is 5.97 Å². The summed E-state index contributed by atoms with van der Waals surface area (Å²) >= 11 is 0. The molecule has 102 valence electrons. The van der Waals surface area contributed by atoms with E-state index >= 15 is 0 Å². The number of hydrogen-bond donors (Lipinski definition) is 1. The first-order chi connectivity index (χ1) is 8.83. The summed E-state index contributed by atoms with van der Waals surface area (Å²) in [6.07, 6.45) is 0. The lowest BCUT2D eigenvalue weighted by atomic mass is 10.2. The van der Waals surface area contributed by atoms with E-state index in [2.05, 4.69) is 5.10 Å². The average Bonchev–Trinajstić information content (AvgIpc) is 2.65. The maximum atomic E-state index is 12.0. The lowest BCUT2D eigenvalue weighted by molar-refractivity contribution is -0.136. The van der Waals surface area contributed by atoms with Crippen molar-refractivity contribution in [1.82, 2.24) is 9.78 Å². The number of hydrogen-bond acceptors (Lipinski definition) is 4. The minimum absolute atomic E-state index is 0.373. The Morgan fingerprint density at radius 3 is 2.68 bits per heavy atom. The van der Waals surface area contributed by atoms with Crippen LogP contribution in [-0.2, 0) is 27.4 Å². The predicted octanol–water partition coefficient (Wildman–Crippen LogP) is 0.961. The van der Waals surface area contributed by atoms with Gasteiger partial charge in [0.2, 0.25) is 0 Å². The number of fused-ring (bicyclic) bond motifs is 1. The Labute approximate surface area is 110 Å². The first-order valence-corrected chi connectivity index (χ1v) is 7.39. The van der Waals surface area contributed by atoms with Crippen LogP contribution in [0.25, 0.3) is 10.9 Å². The monoisotopic (exact) mass is 282 g/mol. The van der Waals surface area contributed by atoms with E-state index < -0.39 is 21.1 Å². The molecule has 1 aromatic carbocycles. The molecule has 1 aromatic heterocycles. The van der Waals surface area contributed by atoms with Crippen molar-refractivity contribution in [1.29, 1.82) is 0 Å². The zero-order valence-corrected chi connectivity index (χ0v) is 11.4. The Morgan fingerprint density at radius 1 is 1.42 bits per heavy atom. The standard InChI is InChI=1S/C12H14N2O4S/c1-8(12(15)16)19(17,18)7-10-9-5-3-4-6-11(9)14(2)13-10/h3-6,8H,7H2,1-2H3,(H,15,16). The fourth-order valence-corrected chi connectivity index (χ4v) is 3.02. The Bertz CT molecular complexity index is 733. The molecule has 1 atom stereocenters. The van der Waals surface area contributed by atoms with Gasteiger partial charge in [-0.25, -0.2) is 8.42 Å². The summed E-state index contributed by atoms with van der Waals surface area (Å²) in [6, 6.07) is 7.24. The molecule has 1 heterocycles. The number of nitrogens with zero attached hydrogens (tertiary/aromatic N) is 2. The quantitative estimate of drug-likeness (QED) is 0.902. The minimum Gasteiger partial charge on any atom is -0.480 e. The Kier molecular flexibility index (Phi) is 3.32. The topological polar surface area (TPSA) is 89.3 Å². The zero-order chi connectivity index (χ0) is 14.2. The molecule has 0 aliphatic rings. The van der Waals surface area contributed by atoms with Crippen LogP contribution in [0.3, 0.4) is 0 Å². The highest BCUT2D eigenvalue weighted by atomic mass is 32.2. The average molecular weight is 282 g/mol. The summed E-state index contributed by atoms with van der Waals surface area (Å²) in [7, 11) is -2.04. The van der Waals surface area contributed by atoms with Gasteiger partial charge in [0.05, 0.1) is 17.0 Å². The van der Waals surface area contributed by atoms with E-state index in [0.717, 1.165) is 10.9 Å². The van der Waals surface area contributed by atoms with Gasteiger partial charge < -0.3 is 5.11 Å². The molecule has 1 N–H and O–H groups in total. The lowest BCUT2D eigenvalue weighted by Gasteiger charge is -2.06. The number of rotatable bonds is 4. The van der Waals surface area contributed by atoms with Gasteiger partial charge in [0.15, 0.2) is 15.1 Å². The third kappa shape index (κ3) is 2.46. The highest BCUT2D eigenvalue weighted by molar-refractivity contribution is 7.92. The van der Waals surface area contributed by atoms with Crippen molar-refractivity contribution in [3.05, 3.63) is 30.0 Å². The van der Waals surface area contributed by atoms with E-state index in [0.29, 0.717) is 5.69 Å². The van der Waals surface area contributed by atoms with Gasteiger partial charge in [0.25, 0.3) is 0 Å². The largest absolute Gasteiger partial charge is 0.480 e. The summed E-state index contributed by atoms with van der Waals surface area (Å²) in [5.41, 5.74) is 1.20. The number of benzene rings is 1. The van der Waals surface area contributed by atoms with Gasteiger partial charge in [-0.3, -0.25) is 9.48 Å². The van der Waals surface area contributed by atoms with Gasteiger partial charge in [-0.1, -0.05) is 18.2 Å². The molecule has 19 heavy (non-hydrogen) atoms. The molecule has 0 radical (unpaired) electrons. The van der Waals surface area contributed by atoms with Crippen molar-refractivity contribution < 1.29 is 18.3 Å². The van der Waals surface area contributed by atoms with Gasteiger partial charge in [0, 0.05) is 12.4 Å². The summed E-state index contributed by atoms with van der Waals surface area (Å²) in [5.74, 6) is -1.72. The molecule has 0 saturated carbocycles. The molecule has 0 saturated heterocycles. The zero-order valence-electron chi connectivity index (χ0n) is 10.6. The van der Waals surface area contributed by atoms with E-state index in [-0.39, 0.29) is 5.75 Å². The van der Waals surface area contributed by atoms with E-state index in [4.69, 9.17) is 5.11 Å². The normalized spacial score (nSPS) is 13.6. The number of carboxylic acids is 1. The van der Waals surface area contributed by atoms with Gasteiger partial charge in [-0.05, 0) is 13.0 Å². The number of carboxylic acid groups (broad SMARTS) is 1. The van der Waals surface area contributed by atoms with Crippen molar-refractivity contribution in [2.24, 2.45) is 7.05 Å². The summed E-state index contributed by atoms with van der Waals surface area (Å²) in [4.78, 5) is 10.8. The number of aryl methyl sites for hydroxylation is 1. The first kappa shape index (κ1) is 13.5. The van der Waals surface area contributed by atoms with E-state index in [1.807, 2.05) is 12.1 Å². The van der Waals surface area contributed by atoms with Crippen LogP contribution in [0.4, 0.5) is 0 Å². The second kappa shape index (κ2) is 4.65. The predicted molar refractivity (Wildman–Crippen MR) is 70.4 cm³/mol. The Balaban J connectivity index is 2.45. The molecule has 2 rings (SSSR count). The Hall–Kier alpha value is -1.89. The molecule has 0 fully saturated rings. The van der Waals surface area contributed by atoms with E-state index in [1.165, 1.54) is 6.92 Å². The summed E-state index contributed by atoms with van der Waals surface area (Å²) in [5, 5.41) is 12.3. The Morgan fingerprint density at radius 2 is 2.05 bits per heavy atom. The molecule has 0 amide bonds. The van der Waals surface area contributed by atoms with Crippen LogP contribution in [0.1, 0.15) is 12.6 Å². The van der Waals surface area contributed by atoms with Crippen molar-refractivity contribution in [2.75, 3.05) is 0 Å². The van der Waals surface area contributed by atoms with E-state index in [9.17, 15) is 13.2 Å². The third-order valence-electron chi connectivity index (χ3n) is 3.06. The molecule has 0 bridgehead atoms. The number of sulfone groups is 1. The third-order valence-corrected chi connectivity index (χ3v) is 5.01. The molecule has 0 aliphatic carbocycles. The highest BCUT2D eigenvalue weighted by Gasteiger charge is 2.29. The first-order valence-electron chi connectivity index (χ1n) is 5.68. The van der Waals surface area contributed by atoms with Crippen molar-refractivity contribution >= 4 is 26.7 Å². The van der Waals surface area contributed by atoms with Crippen molar-refractivity contribution in [3.63, 3.8) is 0 Å². The molecule has 0 aliphatic heterocycles. The van der Waals surface area contributed by atoms with Crippen LogP contribution >= 0.6 is 0 Å². The number of aliphatic carboxylic acids is 1. The number of aromatic nitrogens is 2. The van der Waals surface area contributed by atoms with Crippen LogP contribution in [0.15, 0.2) is 24.3 Å². The molecule has 0 spiro atoms. The van der Waals surface area contributed by atoms with Crippen LogP contribution in [0, 0.1) is 0 Å². The fraction of sp³-hybridized carbons (Fsp3) is 0.333. The number of carbonyl (C=O) groups is 1. The van der Waals surface area contributed by atoms with Gasteiger partial charge in [0.1, 0.15) is 0 Å². The summed E-state index contributed by atoms with van der Waals surface area (Å²) < 4.78 is 25.5. The maximum Gasteiger partial charge on any atom is 0.321 e. The molecule has 1 unspecified atom stereocenters. The molecule has 2 aromatic rings. The van der Waals surface area contributed by atoms with Crippen LogP contribution in [-0.4, -0.2) is 34.5 Å². The molecular formula is C12H14N2O4S. The SMILES string of the molecule is CC(C(=O)O)S(=O)(=O)Cc1nn(C)c2ccccc12. The smallest absolute Gasteiger partial charge is 0.321 e. The maximum absolute atomic E-state index is 12.0. The van der Waals surface area contributed by atoms with Crippen LogP contribution in [0.2, 0.25) is 0 Å². The molecule has 7 heteroatoms. The van der Waals surface area contributed by atoms with Gasteiger partial charge in [-0.2, -0.15) is 5.10 Å². The number of para-hydroxylation sites is 1. The lowest BCUT2D eigenvalue weighted by Crippen LogP contribution is -2.28. The fourth-order valence-electron chi connectivity index (χ4n) is 1.86. The minimum atomic E-state index is -3.77. The van der Waals surface area contributed by atoms with E-state index in [1.54, 1.807) is 23.9 Å². The van der Waals surface area contributed by atoms with Crippen molar-refractivity contribution in [3.8, 4) is 0 Å². The van der Waals surface area contributed by atoms with Gasteiger partial charge in [-0.15, -0.1) is 0 Å². The molecule has 6 nitrogen and oxygen atoms in total. The van der Waals surface area contributed by atoms with Crippen LogP contribution in [0.5, 0.6) is 0 Å². The molecular weight excluding hydrogens is 268 g/mol. The summed E-state index contributed by atoms with van der Waals surface area (Å²) in [6.45, 7) is 1.17. The second-order valence-electron chi connectivity index (χ2n) is 4.38. The van der Waals surface area contributed by atoms with Crippen molar-refractivity contribution in [2.45, 2.75) is 17.9 Å². The second-order valence-corrected chi connectivity index (χ2v) is 6.70. The highest BCUT2D eigenvalue weighted by Crippen LogP contribution is 2.20. The van der Waals surface area contributed by atoms with Crippen LogP contribution < -0.4 is 0 Å².